The van der Waals surface area contributed by atoms with E-state index in [0.717, 1.165) is 12.1 Å². The molecule has 3 aromatic rings. The molecular formula is C28H26O10. The molecule has 0 spiro atoms. The normalized spacial score (nSPS) is 10.6. The second-order valence-corrected chi connectivity index (χ2v) is 7.66. The number of methoxy groups -OCH3 is 2. The molecule has 0 atom stereocenters. The Balaban J connectivity index is 0.000000384. The predicted octanol–water partition coefficient (Wildman–Crippen LogP) is 3.99. The summed E-state index contributed by atoms with van der Waals surface area (Å²) in [4.78, 5) is 34.0. The summed E-state index contributed by atoms with van der Waals surface area (Å²) in [6.07, 6.45) is 5.90. The van der Waals surface area contributed by atoms with Gasteiger partial charge in [0.2, 0.25) is 0 Å². The molecule has 0 bridgehead atoms. The first-order valence-electron chi connectivity index (χ1n) is 10.9. The summed E-state index contributed by atoms with van der Waals surface area (Å²) >= 11 is 0. The van der Waals surface area contributed by atoms with Crippen LogP contribution >= 0.6 is 0 Å². The van der Waals surface area contributed by atoms with Crippen molar-refractivity contribution in [1.29, 1.82) is 0 Å². The molecule has 10 heteroatoms. The SMILES string of the molecule is COc1cc(/C=C/C(=O)CC(=O)/C=C/c2ccc(O)c(OC)c2)ccc1O.O=Cc1cc(O)c(O)c(O)c1. The standard InChI is InChI=1S/C21H20O6.C7H6O4/c1-26-20-11-14(5-9-18(20)24)3-7-16(22)13-17(23)8-4-15-6-10-19(25)21(12-15)27-2;8-3-4-1-5(9)7(11)6(10)2-4/h3-12,24-25H,13H2,1-2H3;1-3,9-11H/b7-3+,8-4+;. The fourth-order valence-corrected chi connectivity index (χ4v) is 2.96. The first kappa shape index (κ1) is 29.0. The fraction of sp³-hybridized carbons (Fsp3) is 0.107. The molecule has 10 nitrogen and oxygen atoms in total. The van der Waals surface area contributed by atoms with E-state index in [4.69, 9.17) is 24.8 Å². The number of aromatic hydroxyl groups is 5. The number of allylic oxidation sites excluding steroid dienone is 2. The van der Waals surface area contributed by atoms with Crippen LogP contribution in [-0.4, -0.2) is 57.6 Å². The molecule has 0 aliphatic carbocycles. The van der Waals surface area contributed by atoms with Gasteiger partial charge in [-0.25, -0.2) is 0 Å². The number of carbonyl (C=O) groups is 3. The van der Waals surface area contributed by atoms with Gasteiger partial charge in [0.05, 0.1) is 20.6 Å². The lowest BCUT2D eigenvalue weighted by Gasteiger charge is -2.03. The summed E-state index contributed by atoms with van der Waals surface area (Å²) in [6, 6.07) is 11.5. The zero-order valence-electron chi connectivity index (χ0n) is 20.5. The van der Waals surface area contributed by atoms with Crippen LogP contribution in [0.3, 0.4) is 0 Å². The highest BCUT2D eigenvalue weighted by atomic mass is 16.5. The first-order valence-corrected chi connectivity index (χ1v) is 10.9. The van der Waals surface area contributed by atoms with Gasteiger partial charge in [0.1, 0.15) is 6.29 Å². The minimum Gasteiger partial charge on any atom is -0.504 e. The number of rotatable bonds is 9. The Morgan fingerprint density at radius 3 is 1.45 bits per heavy atom. The average Bonchev–Trinajstić information content (AvgIpc) is 2.90. The highest BCUT2D eigenvalue weighted by molar-refractivity contribution is 6.10. The molecule has 38 heavy (non-hydrogen) atoms. The summed E-state index contributed by atoms with van der Waals surface area (Å²) < 4.78 is 10.00. The Labute approximate surface area is 218 Å². The van der Waals surface area contributed by atoms with E-state index in [1.165, 1.54) is 38.5 Å². The summed E-state index contributed by atoms with van der Waals surface area (Å²) in [7, 11) is 2.87. The van der Waals surface area contributed by atoms with E-state index in [0.29, 0.717) is 28.9 Å². The quantitative estimate of drug-likeness (QED) is 0.120. The number of phenolic OH excluding ortho intramolecular Hbond substituents is 5. The third-order valence-corrected chi connectivity index (χ3v) is 4.91. The van der Waals surface area contributed by atoms with Gasteiger partial charge in [-0.2, -0.15) is 0 Å². The van der Waals surface area contributed by atoms with Crippen LogP contribution < -0.4 is 9.47 Å². The van der Waals surface area contributed by atoms with Gasteiger partial charge in [0.15, 0.2) is 51.8 Å². The van der Waals surface area contributed by atoms with Gasteiger partial charge >= 0.3 is 0 Å². The number of aldehydes is 1. The van der Waals surface area contributed by atoms with E-state index in [2.05, 4.69) is 0 Å². The second kappa shape index (κ2) is 13.7. The molecule has 3 aromatic carbocycles. The molecule has 3 rings (SSSR count). The number of ether oxygens (including phenoxy) is 2. The van der Waals surface area contributed by atoms with Crippen molar-refractivity contribution >= 4 is 30.0 Å². The van der Waals surface area contributed by atoms with Gasteiger partial charge in [0, 0.05) is 5.56 Å². The monoisotopic (exact) mass is 522 g/mol. The van der Waals surface area contributed by atoms with Crippen LogP contribution in [0.2, 0.25) is 0 Å². The molecule has 0 saturated heterocycles. The highest BCUT2D eigenvalue weighted by Gasteiger charge is 2.07. The lowest BCUT2D eigenvalue weighted by molar-refractivity contribution is -0.121. The smallest absolute Gasteiger partial charge is 0.200 e. The van der Waals surface area contributed by atoms with Crippen molar-refractivity contribution in [3.63, 3.8) is 0 Å². The van der Waals surface area contributed by atoms with Crippen molar-refractivity contribution in [1.82, 2.24) is 0 Å². The van der Waals surface area contributed by atoms with E-state index < -0.39 is 17.2 Å². The minimum atomic E-state index is -0.615. The van der Waals surface area contributed by atoms with Gasteiger partial charge in [0.25, 0.3) is 0 Å². The van der Waals surface area contributed by atoms with Crippen molar-refractivity contribution in [2.45, 2.75) is 6.42 Å². The Bertz CT molecular complexity index is 1280. The lowest BCUT2D eigenvalue weighted by atomic mass is 10.1. The lowest BCUT2D eigenvalue weighted by Crippen LogP contribution is -2.01. The summed E-state index contributed by atoms with van der Waals surface area (Å²) in [5.41, 5.74) is 1.44. The van der Waals surface area contributed by atoms with Crippen molar-refractivity contribution < 1.29 is 49.4 Å². The van der Waals surface area contributed by atoms with Crippen LogP contribution in [0.4, 0.5) is 0 Å². The summed E-state index contributed by atoms with van der Waals surface area (Å²) in [6.45, 7) is 0. The van der Waals surface area contributed by atoms with E-state index in [1.807, 2.05) is 0 Å². The number of carbonyl (C=O) groups excluding carboxylic acids is 3. The fourth-order valence-electron chi connectivity index (χ4n) is 2.96. The van der Waals surface area contributed by atoms with Gasteiger partial charge in [-0.1, -0.05) is 24.3 Å². The molecular weight excluding hydrogens is 496 g/mol. The molecule has 0 amide bonds. The second-order valence-electron chi connectivity index (χ2n) is 7.66. The number of ketones is 2. The van der Waals surface area contributed by atoms with E-state index in [9.17, 15) is 24.6 Å². The third-order valence-electron chi connectivity index (χ3n) is 4.91. The molecule has 0 fully saturated rings. The number of hydrogen-bond acceptors (Lipinski definition) is 10. The molecule has 0 heterocycles. The summed E-state index contributed by atoms with van der Waals surface area (Å²) in [5, 5.41) is 45.6. The zero-order valence-corrected chi connectivity index (χ0v) is 20.5. The molecule has 0 radical (unpaired) electrons. The Kier molecular flexibility index (Phi) is 10.5. The van der Waals surface area contributed by atoms with Crippen LogP contribution in [0.1, 0.15) is 27.9 Å². The molecule has 0 aliphatic heterocycles. The van der Waals surface area contributed by atoms with Crippen molar-refractivity contribution in [2.75, 3.05) is 14.2 Å². The highest BCUT2D eigenvalue weighted by Crippen LogP contribution is 2.34. The zero-order chi connectivity index (χ0) is 28.2. The Morgan fingerprint density at radius 2 is 1.08 bits per heavy atom. The van der Waals surface area contributed by atoms with Gasteiger partial charge < -0.3 is 35.0 Å². The van der Waals surface area contributed by atoms with E-state index in [-0.39, 0.29) is 35.0 Å². The van der Waals surface area contributed by atoms with Crippen LogP contribution in [0.25, 0.3) is 12.2 Å². The van der Waals surface area contributed by atoms with Crippen LogP contribution in [0, 0.1) is 0 Å². The molecule has 0 aromatic heterocycles. The molecule has 0 saturated carbocycles. The maximum atomic E-state index is 11.9. The maximum Gasteiger partial charge on any atom is 0.200 e. The van der Waals surface area contributed by atoms with Gasteiger partial charge in [-0.15, -0.1) is 0 Å². The molecule has 198 valence electrons. The Morgan fingerprint density at radius 1 is 0.658 bits per heavy atom. The van der Waals surface area contributed by atoms with Crippen molar-refractivity contribution in [3.8, 4) is 40.2 Å². The Hall–Kier alpha value is -5.25. The molecule has 0 unspecified atom stereocenters. The first-order chi connectivity index (χ1) is 18.1. The van der Waals surface area contributed by atoms with Crippen LogP contribution in [-0.2, 0) is 9.59 Å². The molecule has 0 aliphatic rings. The van der Waals surface area contributed by atoms with Crippen molar-refractivity contribution in [3.05, 3.63) is 77.4 Å². The topological polar surface area (TPSA) is 171 Å². The number of phenols is 5. The average molecular weight is 523 g/mol. The van der Waals surface area contributed by atoms with Crippen LogP contribution in [0.15, 0.2) is 60.7 Å². The molecule has 5 N–H and O–H groups in total. The number of benzene rings is 3. The van der Waals surface area contributed by atoms with Gasteiger partial charge in [-0.3, -0.25) is 14.4 Å². The number of hydrogen-bond donors (Lipinski definition) is 5. The third kappa shape index (κ3) is 8.45. The predicted molar refractivity (Wildman–Crippen MR) is 139 cm³/mol. The van der Waals surface area contributed by atoms with Crippen LogP contribution in [0.5, 0.6) is 40.2 Å². The van der Waals surface area contributed by atoms with E-state index in [1.54, 1.807) is 36.4 Å². The van der Waals surface area contributed by atoms with Crippen molar-refractivity contribution in [2.24, 2.45) is 0 Å². The minimum absolute atomic E-state index is 0.00662. The van der Waals surface area contributed by atoms with E-state index >= 15 is 0 Å². The van der Waals surface area contributed by atoms with Gasteiger partial charge in [-0.05, 0) is 59.7 Å². The summed E-state index contributed by atoms with van der Waals surface area (Å²) in [5.74, 6) is -1.71. The largest absolute Gasteiger partial charge is 0.504 e. The maximum absolute atomic E-state index is 11.9.